The van der Waals surface area contributed by atoms with Gasteiger partial charge in [-0.25, -0.2) is 0 Å². The zero-order valence-corrected chi connectivity index (χ0v) is 12.4. The lowest BCUT2D eigenvalue weighted by molar-refractivity contribution is 0.731. The van der Waals surface area contributed by atoms with E-state index in [1.165, 1.54) is 0 Å². The first-order valence-electron chi connectivity index (χ1n) is 6.19. The van der Waals surface area contributed by atoms with Crippen LogP contribution in [0.4, 0.5) is 0 Å². The van der Waals surface area contributed by atoms with E-state index >= 15 is 0 Å². The fourth-order valence-corrected chi connectivity index (χ4v) is 2.62. The first-order valence-corrected chi connectivity index (χ1v) is 7.55. The van der Waals surface area contributed by atoms with Crippen LogP contribution in [0.5, 0.6) is 0 Å². The normalized spacial score (nSPS) is 10.6. The lowest BCUT2D eigenvalue weighted by Crippen LogP contribution is -2.00. The van der Waals surface area contributed by atoms with Gasteiger partial charge in [-0.15, -0.1) is 16.8 Å². The molecule has 0 unspecified atom stereocenters. The van der Waals surface area contributed by atoms with Crippen LogP contribution in [0.1, 0.15) is 13.3 Å². The molecule has 1 aromatic carbocycles. The Bertz CT molecular complexity index is 548. The first kappa shape index (κ1) is 14.2. The van der Waals surface area contributed by atoms with Crippen molar-refractivity contribution in [3.63, 3.8) is 0 Å². The third-order valence-corrected chi connectivity index (χ3v) is 3.99. The van der Waals surface area contributed by atoms with Gasteiger partial charge in [0.25, 0.3) is 0 Å². The van der Waals surface area contributed by atoms with Crippen LogP contribution in [0.15, 0.2) is 42.1 Å². The van der Waals surface area contributed by atoms with Gasteiger partial charge in [0.15, 0.2) is 11.0 Å². The summed E-state index contributed by atoms with van der Waals surface area (Å²) in [6.45, 7) is 6.66. The highest BCUT2D eigenvalue weighted by Crippen LogP contribution is 2.25. The number of rotatable bonds is 6. The van der Waals surface area contributed by atoms with Crippen LogP contribution < -0.4 is 0 Å². The predicted molar refractivity (Wildman–Crippen MR) is 81.7 cm³/mol. The SMILES string of the molecule is C=CCn1c(SCCC)nnc1-c1ccc(Cl)cc1. The van der Waals surface area contributed by atoms with E-state index in [9.17, 15) is 0 Å². The quantitative estimate of drug-likeness (QED) is 0.588. The van der Waals surface area contributed by atoms with Crippen molar-refractivity contribution in [2.75, 3.05) is 5.75 Å². The van der Waals surface area contributed by atoms with E-state index < -0.39 is 0 Å². The molecular weight excluding hydrogens is 278 g/mol. The number of hydrogen-bond acceptors (Lipinski definition) is 3. The second kappa shape index (κ2) is 6.78. The Labute approximate surface area is 122 Å². The zero-order valence-electron chi connectivity index (χ0n) is 10.8. The molecule has 0 spiro atoms. The summed E-state index contributed by atoms with van der Waals surface area (Å²) in [5.41, 5.74) is 1.02. The summed E-state index contributed by atoms with van der Waals surface area (Å²) in [7, 11) is 0. The summed E-state index contributed by atoms with van der Waals surface area (Å²) >= 11 is 7.63. The van der Waals surface area contributed by atoms with E-state index in [0.29, 0.717) is 6.54 Å². The highest BCUT2D eigenvalue weighted by atomic mass is 35.5. The molecule has 0 aliphatic heterocycles. The van der Waals surface area contributed by atoms with Gasteiger partial charge in [-0.2, -0.15) is 0 Å². The average Bonchev–Trinajstić information content (AvgIpc) is 2.81. The number of aromatic nitrogens is 3. The molecular formula is C14H16ClN3S. The second-order valence-corrected chi connectivity index (χ2v) is 5.56. The molecule has 0 aliphatic carbocycles. The van der Waals surface area contributed by atoms with Gasteiger partial charge in [-0.1, -0.05) is 36.4 Å². The van der Waals surface area contributed by atoms with Gasteiger partial charge in [0.1, 0.15) is 0 Å². The third-order valence-electron chi connectivity index (χ3n) is 2.57. The van der Waals surface area contributed by atoms with E-state index in [0.717, 1.165) is 33.7 Å². The van der Waals surface area contributed by atoms with E-state index in [4.69, 9.17) is 11.6 Å². The second-order valence-electron chi connectivity index (χ2n) is 4.06. The van der Waals surface area contributed by atoms with Gasteiger partial charge in [0.05, 0.1) is 0 Å². The minimum atomic E-state index is 0.705. The molecule has 0 bridgehead atoms. The Morgan fingerprint density at radius 3 is 2.68 bits per heavy atom. The van der Waals surface area contributed by atoms with Crippen molar-refractivity contribution in [3.05, 3.63) is 41.9 Å². The van der Waals surface area contributed by atoms with Crippen LogP contribution in [0.3, 0.4) is 0 Å². The molecule has 1 aromatic heterocycles. The molecule has 2 aromatic rings. The Kier molecular flexibility index (Phi) is 5.05. The maximum absolute atomic E-state index is 5.91. The van der Waals surface area contributed by atoms with Crippen molar-refractivity contribution in [2.45, 2.75) is 25.0 Å². The highest BCUT2D eigenvalue weighted by Gasteiger charge is 2.12. The summed E-state index contributed by atoms with van der Waals surface area (Å²) in [5.74, 6) is 1.89. The molecule has 1 heterocycles. The van der Waals surface area contributed by atoms with Crippen molar-refractivity contribution in [2.24, 2.45) is 0 Å². The largest absolute Gasteiger partial charge is 0.298 e. The molecule has 0 N–H and O–H groups in total. The molecule has 0 aliphatic rings. The van der Waals surface area contributed by atoms with Crippen LogP contribution in [0, 0.1) is 0 Å². The molecule has 0 amide bonds. The molecule has 0 atom stereocenters. The van der Waals surface area contributed by atoms with E-state index in [2.05, 4.69) is 28.3 Å². The summed E-state index contributed by atoms with van der Waals surface area (Å²) < 4.78 is 2.08. The number of benzene rings is 1. The summed E-state index contributed by atoms with van der Waals surface area (Å²) in [5, 5.41) is 10.2. The van der Waals surface area contributed by atoms with E-state index in [1.54, 1.807) is 11.8 Å². The number of nitrogens with zero attached hydrogens (tertiary/aromatic N) is 3. The van der Waals surface area contributed by atoms with E-state index in [-0.39, 0.29) is 0 Å². The molecule has 100 valence electrons. The Morgan fingerprint density at radius 1 is 1.32 bits per heavy atom. The van der Waals surface area contributed by atoms with Gasteiger partial charge in [0, 0.05) is 22.9 Å². The minimum Gasteiger partial charge on any atom is -0.298 e. The Balaban J connectivity index is 2.36. The first-order chi connectivity index (χ1) is 9.26. The topological polar surface area (TPSA) is 30.7 Å². The zero-order chi connectivity index (χ0) is 13.7. The lowest BCUT2D eigenvalue weighted by Gasteiger charge is -2.07. The van der Waals surface area contributed by atoms with Crippen molar-refractivity contribution in [1.29, 1.82) is 0 Å². The molecule has 0 radical (unpaired) electrons. The fraction of sp³-hybridized carbons (Fsp3) is 0.286. The number of halogens is 1. The summed E-state index contributed by atoms with van der Waals surface area (Å²) in [6.07, 6.45) is 2.97. The maximum Gasteiger partial charge on any atom is 0.191 e. The number of allylic oxidation sites excluding steroid dienone is 1. The van der Waals surface area contributed by atoms with Crippen molar-refractivity contribution < 1.29 is 0 Å². The van der Waals surface area contributed by atoms with Gasteiger partial charge in [-0.3, -0.25) is 4.57 Å². The molecule has 5 heteroatoms. The van der Waals surface area contributed by atoms with Crippen LogP contribution in [0.25, 0.3) is 11.4 Å². The molecule has 19 heavy (non-hydrogen) atoms. The number of thioether (sulfide) groups is 1. The minimum absolute atomic E-state index is 0.705. The lowest BCUT2D eigenvalue weighted by atomic mass is 10.2. The number of hydrogen-bond donors (Lipinski definition) is 0. The molecule has 0 saturated carbocycles. The van der Waals surface area contributed by atoms with Gasteiger partial charge in [0.2, 0.25) is 0 Å². The highest BCUT2D eigenvalue weighted by molar-refractivity contribution is 7.99. The molecule has 0 saturated heterocycles. The standard InChI is InChI=1S/C14H16ClN3S/c1-3-9-18-13(11-5-7-12(15)8-6-11)16-17-14(18)19-10-4-2/h3,5-8H,1,4,9-10H2,2H3. The maximum atomic E-state index is 5.91. The van der Waals surface area contributed by atoms with Crippen LogP contribution in [-0.4, -0.2) is 20.5 Å². The van der Waals surface area contributed by atoms with Gasteiger partial charge < -0.3 is 0 Å². The van der Waals surface area contributed by atoms with Gasteiger partial charge >= 0.3 is 0 Å². The summed E-state index contributed by atoms with van der Waals surface area (Å²) in [6, 6.07) is 7.64. The van der Waals surface area contributed by atoms with Crippen molar-refractivity contribution >= 4 is 23.4 Å². The average molecular weight is 294 g/mol. The van der Waals surface area contributed by atoms with Crippen LogP contribution in [-0.2, 0) is 6.54 Å². The molecule has 2 rings (SSSR count). The Morgan fingerprint density at radius 2 is 2.05 bits per heavy atom. The molecule has 3 nitrogen and oxygen atoms in total. The predicted octanol–water partition coefficient (Wildman–Crippen LogP) is 4.29. The van der Waals surface area contributed by atoms with Crippen LogP contribution in [0.2, 0.25) is 5.02 Å². The van der Waals surface area contributed by atoms with Gasteiger partial charge in [-0.05, 0) is 30.7 Å². The molecule has 0 fully saturated rings. The monoisotopic (exact) mass is 293 g/mol. The summed E-state index contributed by atoms with van der Waals surface area (Å²) in [4.78, 5) is 0. The van der Waals surface area contributed by atoms with E-state index in [1.807, 2.05) is 30.3 Å². The smallest absolute Gasteiger partial charge is 0.191 e. The van der Waals surface area contributed by atoms with Crippen molar-refractivity contribution in [3.8, 4) is 11.4 Å². The van der Waals surface area contributed by atoms with Crippen molar-refractivity contribution in [1.82, 2.24) is 14.8 Å². The fourth-order valence-electron chi connectivity index (χ4n) is 1.70. The Hall–Kier alpha value is -1.26. The van der Waals surface area contributed by atoms with Crippen LogP contribution >= 0.6 is 23.4 Å². The third kappa shape index (κ3) is 3.39.